The zero-order chi connectivity index (χ0) is 47.1. The van der Waals surface area contributed by atoms with Crippen LogP contribution >= 0.6 is 0 Å². The van der Waals surface area contributed by atoms with Crippen LogP contribution in [0.2, 0.25) is 0 Å². The Morgan fingerprint density at radius 2 is 0.690 bits per heavy atom. The van der Waals surface area contributed by atoms with Crippen LogP contribution in [-0.4, -0.2) is 4.57 Å². The van der Waals surface area contributed by atoms with Gasteiger partial charge in [0.2, 0.25) is 0 Å². The van der Waals surface area contributed by atoms with Gasteiger partial charge in [-0.1, -0.05) is 194 Å². The first-order valence-corrected chi connectivity index (χ1v) is 24.3. The van der Waals surface area contributed by atoms with Crippen LogP contribution in [0.5, 0.6) is 0 Å². The van der Waals surface area contributed by atoms with Gasteiger partial charge in [-0.3, -0.25) is 0 Å². The molecule has 0 bridgehead atoms. The van der Waals surface area contributed by atoms with E-state index in [1.54, 1.807) is 0 Å². The van der Waals surface area contributed by atoms with Gasteiger partial charge in [0.25, 0.3) is 0 Å². The van der Waals surface area contributed by atoms with Crippen LogP contribution in [0.1, 0.15) is 0 Å². The smallest absolute Gasteiger partial charge is 0.0541 e. The topological polar surface area (TPSA) is 11.4 Å². The molecule has 0 atom stereocenters. The van der Waals surface area contributed by atoms with Gasteiger partial charge in [0.05, 0.1) is 16.7 Å². The lowest BCUT2D eigenvalue weighted by molar-refractivity contribution is 1.17. The number of rotatable bonds is 10. The van der Waals surface area contributed by atoms with Crippen LogP contribution in [0.3, 0.4) is 0 Å². The minimum Gasteiger partial charge on any atom is -0.311 e. The minimum absolute atomic E-state index is 1.09. The van der Waals surface area contributed by atoms with Crippen molar-refractivity contribution in [1.29, 1.82) is 0 Å². The van der Waals surface area contributed by atoms with Gasteiger partial charge < -0.3 is 14.4 Å². The van der Waals surface area contributed by atoms with Crippen LogP contribution in [-0.2, 0) is 0 Å². The molecule has 0 N–H and O–H groups in total. The fourth-order valence-electron chi connectivity index (χ4n) is 10.7. The minimum atomic E-state index is 1.09. The lowest BCUT2D eigenvalue weighted by Crippen LogP contribution is -2.10. The summed E-state index contributed by atoms with van der Waals surface area (Å²) in [6.07, 6.45) is 0. The number of aromatic nitrogens is 1. The third-order valence-electron chi connectivity index (χ3n) is 14.0. The Balaban J connectivity index is 0.862. The predicted octanol–water partition coefficient (Wildman–Crippen LogP) is 19.0. The Morgan fingerprint density at radius 1 is 0.254 bits per heavy atom. The average molecular weight is 906 g/mol. The van der Waals surface area contributed by atoms with E-state index in [4.69, 9.17) is 0 Å². The van der Waals surface area contributed by atoms with E-state index >= 15 is 0 Å². The molecule has 0 aliphatic carbocycles. The molecule has 334 valence electrons. The van der Waals surface area contributed by atoms with Gasteiger partial charge in [-0.25, -0.2) is 0 Å². The molecule has 0 saturated heterocycles. The summed E-state index contributed by atoms with van der Waals surface area (Å²) < 4.78 is 2.37. The Morgan fingerprint density at radius 3 is 1.32 bits per heavy atom. The van der Waals surface area contributed by atoms with Crippen LogP contribution < -0.4 is 9.80 Å². The van der Waals surface area contributed by atoms with Crippen LogP contribution in [0.25, 0.3) is 82.4 Å². The summed E-state index contributed by atoms with van der Waals surface area (Å²) in [5.41, 5.74) is 17.3. The van der Waals surface area contributed by atoms with Crippen molar-refractivity contribution < 1.29 is 0 Å². The third-order valence-corrected chi connectivity index (χ3v) is 14.0. The van der Waals surface area contributed by atoms with Gasteiger partial charge in [-0.2, -0.15) is 0 Å². The Bertz CT molecular complexity index is 3960. The zero-order valence-corrected chi connectivity index (χ0v) is 39.0. The van der Waals surface area contributed by atoms with Crippen molar-refractivity contribution in [1.82, 2.24) is 4.57 Å². The summed E-state index contributed by atoms with van der Waals surface area (Å²) in [5.74, 6) is 0. The molecule has 0 aliphatic heterocycles. The Labute approximate surface area is 414 Å². The van der Waals surface area contributed by atoms with Gasteiger partial charge in [0.15, 0.2) is 0 Å². The van der Waals surface area contributed by atoms with E-state index in [9.17, 15) is 0 Å². The van der Waals surface area contributed by atoms with Crippen molar-refractivity contribution in [2.75, 3.05) is 9.80 Å². The quantitative estimate of drug-likeness (QED) is 0.135. The fourth-order valence-corrected chi connectivity index (χ4v) is 10.7. The standard InChI is InChI=1S/C68H47N3/c1-3-17-48(18-4-1)53-23-13-26-59(47-53)70(65-34-16-20-49-19-7-8-27-60(49)65)57-41-37-51(38-42-57)62-31-15-22-52-21-14-30-61(68(52)62)50-35-39-55(40-36-50)69(54-24-5-2-6-25-54)56-43-45-58(46-44-56)71-66-32-11-9-28-63(66)64-29-10-12-33-67(64)71/h1-47H. The van der Waals surface area contributed by atoms with Crippen molar-refractivity contribution in [3.63, 3.8) is 0 Å². The van der Waals surface area contributed by atoms with Crippen molar-refractivity contribution >= 4 is 77.5 Å². The van der Waals surface area contributed by atoms with Crippen molar-refractivity contribution in [2.24, 2.45) is 0 Å². The van der Waals surface area contributed by atoms with E-state index in [0.717, 1.165) is 39.8 Å². The summed E-state index contributed by atoms with van der Waals surface area (Å²) in [7, 11) is 0. The van der Waals surface area contributed by atoms with E-state index in [2.05, 4.69) is 299 Å². The number of para-hydroxylation sites is 3. The molecule has 12 aromatic carbocycles. The second-order valence-electron chi connectivity index (χ2n) is 18.1. The average Bonchev–Trinajstić information content (AvgIpc) is 3.78. The van der Waals surface area contributed by atoms with E-state index < -0.39 is 0 Å². The second kappa shape index (κ2) is 17.9. The highest BCUT2D eigenvalue weighted by Gasteiger charge is 2.19. The highest BCUT2D eigenvalue weighted by atomic mass is 15.1. The molecule has 13 rings (SSSR count). The van der Waals surface area contributed by atoms with Crippen LogP contribution in [0.4, 0.5) is 34.1 Å². The Hall–Kier alpha value is -9.44. The number of anilines is 6. The second-order valence-corrected chi connectivity index (χ2v) is 18.1. The van der Waals surface area contributed by atoms with Crippen molar-refractivity contribution in [3.05, 3.63) is 285 Å². The molecule has 0 spiro atoms. The number of nitrogens with zero attached hydrogens (tertiary/aromatic N) is 3. The molecule has 0 saturated carbocycles. The molecule has 0 fully saturated rings. The number of hydrogen-bond donors (Lipinski definition) is 0. The molecule has 1 heterocycles. The van der Waals surface area contributed by atoms with Crippen LogP contribution in [0, 0.1) is 0 Å². The molecule has 13 aromatic rings. The van der Waals surface area contributed by atoms with Gasteiger partial charge in [-0.15, -0.1) is 0 Å². The first-order valence-electron chi connectivity index (χ1n) is 24.3. The predicted molar refractivity (Wildman–Crippen MR) is 301 cm³/mol. The van der Waals surface area contributed by atoms with E-state index in [0.29, 0.717) is 0 Å². The van der Waals surface area contributed by atoms with E-state index in [-0.39, 0.29) is 0 Å². The maximum absolute atomic E-state index is 2.40. The number of hydrogen-bond acceptors (Lipinski definition) is 2. The molecule has 0 radical (unpaired) electrons. The number of fused-ring (bicyclic) bond motifs is 5. The maximum Gasteiger partial charge on any atom is 0.0541 e. The molecule has 3 heteroatoms. The lowest BCUT2D eigenvalue weighted by Gasteiger charge is -2.27. The van der Waals surface area contributed by atoms with Gasteiger partial charge in [0, 0.05) is 50.3 Å². The van der Waals surface area contributed by atoms with Crippen molar-refractivity contribution in [3.8, 4) is 39.1 Å². The molecule has 71 heavy (non-hydrogen) atoms. The normalized spacial score (nSPS) is 11.4. The highest BCUT2D eigenvalue weighted by molar-refractivity contribution is 6.10. The molecular weight excluding hydrogens is 859 g/mol. The number of benzene rings is 12. The summed E-state index contributed by atoms with van der Waals surface area (Å²) in [6.45, 7) is 0. The van der Waals surface area contributed by atoms with E-state index in [1.165, 1.54) is 76.7 Å². The molecular formula is C68H47N3. The first kappa shape index (κ1) is 41.7. The summed E-state index contributed by atoms with van der Waals surface area (Å²) in [4.78, 5) is 4.74. The summed E-state index contributed by atoms with van der Waals surface area (Å²) in [5, 5.41) is 7.37. The molecule has 0 unspecified atom stereocenters. The third kappa shape index (κ3) is 7.58. The first-order chi connectivity index (χ1) is 35.2. The van der Waals surface area contributed by atoms with Gasteiger partial charge in [-0.05, 0) is 141 Å². The monoisotopic (exact) mass is 905 g/mol. The van der Waals surface area contributed by atoms with E-state index in [1.807, 2.05) is 0 Å². The van der Waals surface area contributed by atoms with Gasteiger partial charge >= 0.3 is 0 Å². The van der Waals surface area contributed by atoms with Crippen LogP contribution in [0.15, 0.2) is 285 Å². The Kier molecular flexibility index (Phi) is 10.5. The lowest BCUT2D eigenvalue weighted by atomic mass is 9.91. The maximum atomic E-state index is 2.40. The molecule has 0 aliphatic rings. The highest BCUT2D eigenvalue weighted by Crippen LogP contribution is 2.44. The zero-order valence-electron chi connectivity index (χ0n) is 39.0. The summed E-state index contributed by atoms with van der Waals surface area (Å²) >= 11 is 0. The largest absolute Gasteiger partial charge is 0.311 e. The molecule has 1 aromatic heterocycles. The SMILES string of the molecule is c1ccc(-c2cccc(N(c3ccc(-c4cccc5cccc(-c6ccc(N(c7ccccc7)c7ccc(-n8c9ccccc9c9ccccc98)cc7)cc6)c45)cc3)c3cccc4ccccc34)c2)cc1. The molecule has 3 nitrogen and oxygen atoms in total. The molecule has 0 amide bonds. The summed E-state index contributed by atoms with van der Waals surface area (Å²) in [6, 6.07) is 103. The van der Waals surface area contributed by atoms with Crippen molar-refractivity contribution in [2.45, 2.75) is 0 Å². The fraction of sp³-hybridized carbons (Fsp3) is 0. The van der Waals surface area contributed by atoms with Gasteiger partial charge in [0.1, 0.15) is 0 Å².